The lowest BCUT2D eigenvalue weighted by atomic mass is 10.1. The number of likely N-dealkylation sites (tertiary alicyclic amines) is 1. The van der Waals surface area contributed by atoms with Crippen LogP contribution in [0.25, 0.3) is 0 Å². The lowest BCUT2D eigenvalue weighted by Crippen LogP contribution is -2.32. The van der Waals surface area contributed by atoms with Crippen LogP contribution in [0.1, 0.15) is 12.8 Å². The summed E-state index contributed by atoms with van der Waals surface area (Å²) in [5, 5.41) is 0. The zero-order valence-corrected chi connectivity index (χ0v) is 5.86. The molecule has 1 radical (unpaired) electrons. The average molecular weight is 133 g/mol. The van der Waals surface area contributed by atoms with E-state index in [0.29, 0.717) is 0 Å². The number of piperidine rings is 1. The fourth-order valence-electron chi connectivity index (χ4n) is 0.885. The highest BCUT2D eigenvalue weighted by molar-refractivity contribution is 6.20. The van der Waals surface area contributed by atoms with Crippen molar-refractivity contribution in [2.24, 2.45) is 0 Å². The van der Waals surface area contributed by atoms with Crippen molar-refractivity contribution in [3.63, 3.8) is 0 Å². The Morgan fingerprint density at radius 3 is 2.88 bits per heavy atom. The molecule has 1 heterocycles. The van der Waals surface area contributed by atoms with Gasteiger partial charge in [-0.25, -0.2) is 0 Å². The Labute approximate surface area is 55.6 Å². The molecule has 1 fully saturated rings. The zero-order chi connectivity index (χ0) is 5.98. The fraction of sp³-hybridized carbons (Fsp3) is 0.833. The van der Waals surface area contributed by atoms with Gasteiger partial charge in [-0.1, -0.05) is 0 Å². The molecule has 0 saturated carbocycles. The number of nitrogens with zero attached hydrogens (tertiary/aromatic N) is 1. The molecule has 1 atom stereocenters. The van der Waals surface area contributed by atoms with Gasteiger partial charge in [0.05, 0.1) is 5.50 Å². The van der Waals surface area contributed by atoms with Gasteiger partial charge >= 0.3 is 0 Å². The summed E-state index contributed by atoms with van der Waals surface area (Å²) in [6.45, 7) is 1.05. The second-order valence-corrected chi connectivity index (χ2v) is 2.74. The highest BCUT2D eigenvalue weighted by Crippen LogP contribution is 2.16. The zero-order valence-electron chi connectivity index (χ0n) is 5.10. The molecule has 0 aromatic rings. The van der Waals surface area contributed by atoms with E-state index in [0.717, 1.165) is 13.0 Å². The van der Waals surface area contributed by atoms with Crippen LogP contribution in [0.5, 0.6) is 0 Å². The van der Waals surface area contributed by atoms with Crippen molar-refractivity contribution >= 4 is 11.6 Å². The maximum absolute atomic E-state index is 5.87. The van der Waals surface area contributed by atoms with Crippen LogP contribution in [-0.2, 0) is 0 Å². The second-order valence-electron chi connectivity index (χ2n) is 2.24. The second kappa shape index (κ2) is 2.70. The van der Waals surface area contributed by atoms with Gasteiger partial charge in [-0.15, -0.1) is 11.6 Å². The van der Waals surface area contributed by atoms with Gasteiger partial charge in [-0.3, -0.25) is 4.90 Å². The Morgan fingerprint density at radius 1 is 1.75 bits per heavy atom. The van der Waals surface area contributed by atoms with Gasteiger partial charge in [-0.05, 0) is 26.3 Å². The van der Waals surface area contributed by atoms with E-state index in [1.807, 2.05) is 7.05 Å². The van der Waals surface area contributed by atoms with E-state index in [4.69, 9.17) is 11.6 Å². The predicted molar refractivity (Wildman–Crippen MR) is 35.8 cm³/mol. The molecule has 1 aliphatic rings. The van der Waals surface area contributed by atoms with Crippen LogP contribution in [0.3, 0.4) is 0 Å². The summed E-state index contributed by atoms with van der Waals surface area (Å²) >= 11 is 5.87. The molecule has 0 bridgehead atoms. The van der Waals surface area contributed by atoms with Gasteiger partial charge < -0.3 is 0 Å². The summed E-state index contributed by atoms with van der Waals surface area (Å²) in [6.07, 6.45) is 4.55. The molecule has 0 N–H and O–H groups in total. The first-order valence-electron chi connectivity index (χ1n) is 2.96. The van der Waals surface area contributed by atoms with Gasteiger partial charge in [0.25, 0.3) is 0 Å². The van der Waals surface area contributed by atoms with Crippen LogP contribution in [0.4, 0.5) is 0 Å². The normalized spacial score (nSPS) is 33.0. The van der Waals surface area contributed by atoms with Crippen molar-refractivity contribution in [2.45, 2.75) is 18.3 Å². The van der Waals surface area contributed by atoms with Gasteiger partial charge in [0.1, 0.15) is 0 Å². The Bertz CT molecular complexity index is 64.9. The van der Waals surface area contributed by atoms with Crippen molar-refractivity contribution in [3.05, 3.63) is 6.42 Å². The molecule has 1 saturated heterocycles. The molecule has 1 nitrogen and oxygen atoms in total. The van der Waals surface area contributed by atoms with E-state index in [9.17, 15) is 0 Å². The van der Waals surface area contributed by atoms with Crippen LogP contribution < -0.4 is 0 Å². The molecular formula is C6H11ClN. The summed E-state index contributed by atoms with van der Waals surface area (Å²) < 4.78 is 0. The Morgan fingerprint density at radius 2 is 2.50 bits per heavy atom. The molecule has 1 unspecified atom stereocenters. The summed E-state index contributed by atoms with van der Waals surface area (Å²) in [6, 6.07) is 0. The number of rotatable bonds is 0. The Balaban J connectivity index is 2.28. The third-order valence-corrected chi connectivity index (χ3v) is 2.06. The monoisotopic (exact) mass is 132 g/mol. The van der Waals surface area contributed by atoms with Crippen LogP contribution in [0, 0.1) is 6.42 Å². The van der Waals surface area contributed by atoms with E-state index < -0.39 is 0 Å². The first-order chi connectivity index (χ1) is 3.80. The Kier molecular flexibility index (Phi) is 2.15. The van der Waals surface area contributed by atoms with Gasteiger partial charge in [0.2, 0.25) is 0 Å². The highest BCUT2D eigenvalue weighted by Gasteiger charge is 2.14. The predicted octanol–water partition coefficient (Wildman–Crippen LogP) is 1.48. The first kappa shape index (κ1) is 6.37. The molecule has 8 heavy (non-hydrogen) atoms. The van der Waals surface area contributed by atoms with E-state index in [1.54, 1.807) is 0 Å². The average Bonchev–Trinajstić information content (AvgIpc) is 1.77. The van der Waals surface area contributed by atoms with Crippen LogP contribution >= 0.6 is 11.6 Å². The van der Waals surface area contributed by atoms with Crippen molar-refractivity contribution in [1.82, 2.24) is 4.90 Å². The lowest BCUT2D eigenvalue weighted by Gasteiger charge is -2.26. The smallest absolute Gasteiger partial charge is 0.0848 e. The van der Waals surface area contributed by atoms with Crippen molar-refractivity contribution < 1.29 is 0 Å². The van der Waals surface area contributed by atoms with E-state index in [1.165, 1.54) is 6.42 Å². The first-order valence-corrected chi connectivity index (χ1v) is 3.40. The number of hydrogen-bond acceptors (Lipinski definition) is 1. The number of halogens is 1. The van der Waals surface area contributed by atoms with Crippen LogP contribution in [0.15, 0.2) is 0 Å². The number of hydrogen-bond donors (Lipinski definition) is 0. The van der Waals surface area contributed by atoms with E-state index >= 15 is 0 Å². The molecule has 0 spiro atoms. The minimum absolute atomic E-state index is 0.278. The summed E-state index contributed by atoms with van der Waals surface area (Å²) in [7, 11) is 2.05. The molecule has 2 heteroatoms. The van der Waals surface area contributed by atoms with Crippen molar-refractivity contribution in [1.29, 1.82) is 0 Å². The minimum atomic E-state index is 0.278. The minimum Gasteiger partial charge on any atom is -0.290 e. The maximum Gasteiger partial charge on any atom is 0.0848 e. The summed E-state index contributed by atoms with van der Waals surface area (Å²) in [5.74, 6) is 0. The number of alkyl halides is 1. The SMILES string of the molecule is CN1C[CH]CCC1Cl. The highest BCUT2D eigenvalue weighted by atomic mass is 35.5. The molecule has 47 valence electrons. The third kappa shape index (κ3) is 1.36. The molecule has 1 aliphatic heterocycles. The third-order valence-electron chi connectivity index (χ3n) is 1.50. The molecule has 0 aromatic heterocycles. The fourth-order valence-corrected chi connectivity index (χ4v) is 1.09. The lowest BCUT2D eigenvalue weighted by molar-refractivity contribution is 0.285. The molecule has 1 rings (SSSR count). The van der Waals surface area contributed by atoms with Crippen molar-refractivity contribution in [3.8, 4) is 0 Å². The van der Waals surface area contributed by atoms with Crippen LogP contribution in [0.2, 0.25) is 0 Å². The molecule has 0 aromatic carbocycles. The van der Waals surface area contributed by atoms with Gasteiger partial charge in [0.15, 0.2) is 0 Å². The molecule has 0 amide bonds. The molecular weight excluding hydrogens is 122 g/mol. The van der Waals surface area contributed by atoms with Gasteiger partial charge in [-0.2, -0.15) is 0 Å². The Hall–Kier alpha value is 0.250. The molecule has 0 aliphatic carbocycles. The van der Waals surface area contributed by atoms with Crippen molar-refractivity contribution in [2.75, 3.05) is 13.6 Å². The topological polar surface area (TPSA) is 3.24 Å². The van der Waals surface area contributed by atoms with Crippen LogP contribution in [-0.4, -0.2) is 24.0 Å². The quantitative estimate of drug-likeness (QED) is 0.357. The van der Waals surface area contributed by atoms with Gasteiger partial charge in [0, 0.05) is 6.54 Å². The largest absolute Gasteiger partial charge is 0.290 e. The summed E-state index contributed by atoms with van der Waals surface area (Å²) in [4.78, 5) is 2.14. The summed E-state index contributed by atoms with van der Waals surface area (Å²) in [5.41, 5.74) is 0.278. The van der Waals surface area contributed by atoms with E-state index in [-0.39, 0.29) is 5.50 Å². The standard InChI is InChI=1S/C6H11ClN/c1-8-5-3-2-4-6(8)7/h3,6H,2,4-5H2,1H3. The maximum atomic E-state index is 5.87. The van der Waals surface area contributed by atoms with E-state index in [2.05, 4.69) is 11.3 Å².